The van der Waals surface area contributed by atoms with Crippen LogP contribution in [0.1, 0.15) is 25.3 Å². The molecule has 1 heterocycles. The first-order chi connectivity index (χ1) is 10.2. The first-order valence-electron chi connectivity index (χ1n) is 7.54. The van der Waals surface area contributed by atoms with Crippen molar-refractivity contribution in [2.75, 3.05) is 26.7 Å². The van der Waals surface area contributed by atoms with Crippen molar-refractivity contribution in [1.29, 1.82) is 0 Å². The number of halogens is 1. The van der Waals surface area contributed by atoms with Crippen LogP contribution >= 0.6 is 15.9 Å². The van der Waals surface area contributed by atoms with Gasteiger partial charge in [-0.1, -0.05) is 28.1 Å². The second kappa shape index (κ2) is 8.39. The Bertz CT molecular complexity index is 470. The van der Waals surface area contributed by atoms with Crippen molar-refractivity contribution in [3.05, 3.63) is 34.3 Å². The average Bonchev–Trinajstić information content (AvgIpc) is 2.50. The summed E-state index contributed by atoms with van der Waals surface area (Å²) in [6.07, 6.45) is 2.56. The average molecular weight is 354 g/mol. The van der Waals surface area contributed by atoms with Crippen LogP contribution in [0.25, 0.3) is 0 Å². The normalized spacial score (nSPS) is 17.1. The molecule has 1 saturated heterocycles. The van der Waals surface area contributed by atoms with Crippen LogP contribution in [-0.4, -0.2) is 43.7 Å². The number of aliphatic imine (C=N–C) groups is 1. The van der Waals surface area contributed by atoms with E-state index in [2.05, 4.69) is 56.3 Å². The number of ether oxygens (including phenoxy) is 1. The van der Waals surface area contributed by atoms with Crippen LogP contribution in [-0.2, 0) is 11.3 Å². The molecule has 1 aromatic rings. The van der Waals surface area contributed by atoms with E-state index in [-0.39, 0.29) is 0 Å². The summed E-state index contributed by atoms with van der Waals surface area (Å²) in [5.74, 6) is 0.977. The van der Waals surface area contributed by atoms with Crippen molar-refractivity contribution < 1.29 is 4.74 Å². The van der Waals surface area contributed by atoms with E-state index in [1.807, 2.05) is 13.1 Å². The van der Waals surface area contributed by atoms with E-state index in [9.17, 15) is 0 Å². The highest BCUT2D eigenvalue weighted by Crippen LogP contribution is 2.14. The fraction of sp³-hybridized carbons (Fsp3) is 0.562. The molecular formula is C16H24BrN3O. The third-order valence-electron chi connectivity index (χ3n) is 3.70. The highest BCUT2D eigenvalue weighted by atomic mass is 79.9. The molecular weight excluding hydrogens is 330 g/mol. The minimum Gasteiger partial charge on any atom is -0.378 e. The second-order valence-corrected chi connectivity index (χ2v) is 6.09. The van der Waals surface area contributed by atoms with Gasteiger partial charge in [-0.3, -0.25) is 4.99 Å². The SMILES string of the molecule is CCOC1CCN(C(=NC)NCc2cccc(Br)c2)CC1. The minimum atomic E-state index is 0.412. The Balaban J connectivity index is 1.84. The van der Waals surface area contributed by atoms with E-state index in [1.54, 1.807) is 0 Å². The van der Waals surface area contributed by atoms with Crippen molar-refractivity contribution in [2.45, 2.75) is 32.4 Å². The Hall–Kier alpha value is -1.07. The minimum absolute atomic E-state index is 0.412. The van der Waals surface area contributed by atoms with Crippen molar-refractivity contribution >= 4 is 21.9 Å². The fourth-order valence-electron chi connectivity index (χ4n) is 2.63. The first-order valence-corrected chi connectivity index (χ1v) is 8.34. The van der Waals surface area contributed by atoms with Crippen molar-refractivity contribution in [1.82, 2.24) is 10.2 Å². The van der Waals surface area contributed by atoms with Gasteiger partial charge in [-0.05, 0) is 37.5 Å². The largest absolute Gasteiger partial charge is 0.378 e. The summed E-state index contributed by atoms with van der Waals surface area (Å²) in [7, 11) is 1.85. The molecule has 0 saturated carbocycles. The topological polar surface area (TPSA) is 36.9 Å². The zero-order valence-electron chi connectivity index (χ0n) is 12.8. The molecule has 5 heteroatoms. The molecule has 1 N–H and O–H groups in total. The highest BCUT2D eigenvalue weighted by Gasteiger charge is 2.21. The number of rotatable bonds is 4. The molecule has 2 rings (SSSR count). The molecule has 21 heavy (non-hydrogen) atoms. The summed E-state index contributed by atoms with van der Waals surface area (Å²) in [6, 6.07) is 8.34. The lowest BCUT2D eigenvalue weighted by Gasteiger charge is -2.34. The fourth-order valence-corrected chi connectivity index (χ4v) is 3.08. The smallest absolute Gasteiger partial charge is 0.193 e. The van der Waals surface area contributed by atoms with E-state index >= 15 is 0 Å². The molecule has 0 amide bonds. The van der Waals surface area contributed by atoms with Gasteiger partial charge in [-0.25, -0.2) is 0 Å². The number of hydrogen-bond donors (Lipinski definition) is 1. The van der Waals surface area contributed by atoms with Crippen molar-refractivity contribution in [3.8, 4) is 0 Å². The lowest BCUT2D eigenvalue weighted by Crippen LogP contribution is -2.46. The van der Waals surface area contributed by atoms with Crippen LogP contribution in [0.4, 0.5) is 0 Å². The summed E-state index contributed by atoms with van der Waals surface area (Å²) in [5, 5.41) is 3.44. The molecule has 0 spiro atoms. The van der Waals surface area contributed by atoms with Gasteiger partial charge in [0.05, 0.1) is 6.10 Å². The molecule has 1 aromatic carbocycles. The number of nitrogens with zero attached hydrogens (tertiary/aromatic N) is 2. The molecule has 0 unspecified atom stereocenters. The second-order valence-electron chi connectivity index (χ2n) is 5.17. The maximum Gasteiger partial charge on any atom is 0.193 e. The lowest BCUT2D eigenvalue weighted by atomic mass is 10.1. The predicted molar refractivity (Wildman–Crippen MR) is 90.6 cm³/mol. The quantitative estimate of drug-likeness (QED) is 0.667. The number of hydrogen-bond acceptors (Lipinski definition) is 2. The van der Waals surface area contributed by atoms with Crippen LogP contribution in [0.5, 0.6) is 0 Å². The molecule has 0 radical (unpaired) electrons. The highest BCUT2D eigenvalue weighted by molar-refractivity contribution is 9.10. The zero-order chi connectivity index (χ0) is 15.1. The van der Waals surface area contributed by atoms with E-state index in [0.717, 1.165) is 49.5 Å². The van der Waals surface area contributed by atoms with Gasteiger partial charge >= 0.3 is 0 Å². The van der Waals surface area contributed by atoms with Crippen LogP contribution in [0.3, 0.4) is 0 Å². The number of benzene rings is 1. The Morgan fingerprint density at radius 1 is 1.43 bits per heavy atom. The number of guanidine groups is 1. The van der Waals surface area contributed by atoms with Gasteiger partial charge in [0, 0.05) is 37.8 Å². The van der Waals surface area contributed by atoms with Gasteiger partial charge in [0.1, 0.15) is 0 Å². The van der Waals surface area contributed by atoms with Gasteiger partial charge in [-0.2, -0.15) is 0 Å². The molecule has 1 fully saturated rings. The van der Waals surface area contributed by atoms with E-state index < -0.39 is 0 Å². The van der Waals surface area contributed by atoms with Crippen molar-refractivity contribution in [2.24, 2.45) is 4.99 Å². The Labute approximate surface area is 135 Å². The lowest BCUT2D eigenvalue weighted by molar-refractivity contribution is 0.0263. The molecule has 0 atom stereocenters. The number of nitrogens with one attached hydrogen (secondary N) is 1. The third-order valence-corrected chi connectivity index (χ3v) is 4.19. The van der Waals surface area contributed by atoms with Crippen LogP contribution in [0.15, 0.2) is 33.7 Å². The van der Waals surface area contributed by atoms with E-state index in [4.69, 9.17) is 4.74 Å². The summed E-state index contributed by atoms with van der Waals surface area (Å²) in [4.78, 5) is 6.71. The summed E-state index contributed by atoms with van der Waals surface area (Å²) >= 11 is 3.50. The maximum atomic E-state index is 5.69. The molecule has 0 bridgehead atoms. The molecule has 0 aliphatic carbocycles. The van der Waals surface area contributed by atoms with E-state index in [0.29, 0.717) is 6.10 Å². The monoisotopic (exact) mass is 353 g/mol. The Morgan fingerprint density at radius 2 is 2.19 bits per heavy atom. The maximum absolute atomic E-state index is 5.69. The molecule has 4 nitrogen and oxygen atoms in total. The molecule has 116 valence electrons. The van der Waals surface area contributed by atoms with E-state index in [1.165, 1.54) is 5.56 Å². The summed E-state index contributed by atoms with van der Waals surface area (Å²) in [6.45, 7) is 5.66. The standard InChI is InChI=1S/C16H24BrN3O/c1-3-21-15-7-9-20(10-8-15)16(18-2)19-12-13-5-4-6-14(17)11-13/h4-6,11,15H,3,7-10,12H2,1-2H3,(H,18,19). The number of likely N-dealkylation sites (tertiary alicyclic amines) is 1. The number of piperidine rings is 1. The molecule has 1 aliphatic heterocycles. The van der Waals surface area contributed by atoms with Crippen molar-refractivity contribution in [3.63, 3.8) is 0 Å². The summed E-state index contributed by atoms with van der Waals surface area (Å²) in [5.41, 5.74) is 1.25. The molecule has 0 aromatic heterocycles. The van der Waals surface area contributed by atoms with Crippen LogP contribution in [0, 0.1) is 0 Å². The van der Waals surface area contributed by atoms with Gasteiger partial charge in [0.15, 0.2) is 5.96 Å². The third kappa shape index (κ3) is 5.00. The van der Waals surface area contributed by atoms with Crippen LogP contribution < -0.4 is 5.32 Å². The zero-order valence-corrected chi connectivity index (χ0v) is 14.4. The van der Waals surface area contributed by atoms with Gasteiger partial charge in [0.2, 0.25) is 0 Å². The van der Waals surface area contributed by atoms with Gasteiger partial charge in [0.25, 0.3) is 0 Å². The summed E-state index contributed by atoms with van der Waals surface area (Å²) < 4.78 is 6.80. The van der Waals surface area contributed by atoms with Gasteiger partial charge < -0.3 is 15.0 Å². The Morgan fingerprint density at radius 3 is 2.81 bits per heavy atom. The van der Waals surface area contributed by atoms with Crippen LogP contribution in [0.2, 0.25) is 0 Å². The van der Waals surface area contributed by atoms with Gasteiger partial charge in [-0.15, -0.1) is 0 Å². The predicted octanol–water partition coefficient (Wildman–Crippen LogP) is 3.03. The first kappa shape index (κ1) is 16.3. The molecule has 1 aliphatic rings. The Kier molecular flexibility index (Phi) is 6.51.